The van der Waals surface area contributed by atoms with E-state index in [1.54, 1.807) is 11.8 Å². The minimum atomic E-state index is -0.0885. The summed E-state index contributed by atoms with van der Waals surface area (Å²) < 4.78 is 0. The molecule has 0 spiro atoms. The number of carbonyl (C=O) groups excluding carboxylic acids is 1. The van der Waals surface area contributed by atoms with Gasteiger partial charge in [-0.15, -0.1) is 0 Å². The number of amides is 1. The molecule has 0 bridgehead atoms. The Hall–Kier alpha value is -3.21. The fourth-order valence-corrected chi connectivity index (χ4v) is 3.72. The number of nitrogens with one attached hydrogen (secondary N) is 1. The number of rotatable bonds is 3. The lowest BCUT2D eigenvalue weighted by molar-refractivity contribution is 0.0730. The zero-order valence-electron chi connectivity index (χ0n) is 16.2. The third-order valence-electron chi connectivity index (χ3n) is 5.24. The quantitative estimate of drug-likeness (QED) is 0.767. The van der Waals surface area contributed by atoms with Crippen LogP contribution < -0.4 is 5.56 Å². The van der Waals surface area contributed by atoms with E-state index in [0.29, 0.717) is 48.6 Å². The van der Waals surface area contributed by atoms with Gasteiger partial charge in [0, 0.05) is 17.7 Å². The number of carbonyl (C=O) groups is 1. The average Bonchev–Trinajstić information content (AvgIpc) is 2.69. The van der Waals surface area contributed by atoms with E-state index in [-0.39, 0.29) is 11.5 Å². The molecule has 0 saturated carbocycles. The van der Waals surface area contributed by atoms with Gasteiger partial charge in [-0.25, -0.2) is 4.98 Å². The molecule has 1 aliphatic rings. The third kappa shape index (κ3) is 3.60. The zero-order valence-corrected chi connectivity index (χ0v) is 16.2. The molecule has 1 aromatic heterocycles. The number of hydrogen-bond donors (Lipinski definition) is 1. The van der Waals surface area contributed by atoms with E-state index in [9.17, 15) is 9.59 Å². The molecule has 0 fully saturated rings. The molecule has 28 heavy (non-hydrogen) atoms. The second kappa shape index (κ2) is 7.43. The number of aromatic nitrogens is 2. The van der Waals surface area contributed by atoms with Crippen LogP contribution in [-0.2, 0) is 19.4 Å². The summed E-state index contributed by atoms with van der Waals surface area (Å²) in [5, 5.41) is 0. The smallest absolute Gasteiger partial charge is 0.254 e. The SMILES string of the molecule is Cc1ccc(Cc2ccccc2C(=O)N2CCc3c(nc(C)[nH]c3=O)C2)cc1. The van der Waals surface area contributed by atoms with Crippen molar-refractivity contribution in [2.24, 2.45) is 0 Å². The van der Waals surface area contributed by atoms with E-state index < -0.39 is 0 Å². The first-order valence-electron chi connectivity index (χ1n) is 9.52. The molecule has 2 heterocycles. The molecule has 1 N–H and O–H groups in total. The fourth-order valence-electron chi connectivity index (χ4n) is 3.72. The van der Waals surface area contributed by atoms with Gasteiger partial charge in [0.25, 0.3) is 11.5 Å². The lowest BCUT2D eigenvalue weighted by atomic mass is 9.97. The van der Waals surface area contributed by atoms with Crippen molar-refractivity contribution in [3.8, 4) is 0 Å². The second-order valence-electron chi connectivity index (χ2n) is 7.37. The summed E-state index contributed by atoms with van der Waals surface area (Å²) in [6, 6.07) is 16.2. The van der Waals surface area contributed by atoms with Crippen LogP contribution in [0.2, 0.25) is 0 Å². The van der Waals surface area contributed by atoms with E-state index >= 15 is 0 Å². The van der Waals surface area contributed by atoms with Gasteiger partial charge in [-0.3, -0.25) is 9.59 Å². The molecule has 2 aromatic carbocycles. The lowest BCUT2D eigenvalue weighted by Crippen LogP contribution is -2.39. The van der Waals surface area contributed by atoms with Gasteiger partial charge >= 0.3 is 0 Å². The Morgan fingerprint density at radius 1 is 1.11 bits per heavy atom. The van der Waals surface area contributed by atoms with E-state index in [1.807, 2.05) is 24.3 Å². The van der Waals surface area contributed by atoms with Crippen molar-refractivity contribution in [3.05, 3.63) is 98.2 Å². The summed E-state index contributed by atoms with van der Waals surface area (Å²) in [4.78, 5) is 34.4. The summed E-state index contributed by atoms with van der Waals surface area (Å²) in [5.41, 5.74) is 5.44. The molecule has 0 radical (unpaired) electrons. The number of aryl methyl sites for hydroxylation is 2. The van der Waals surface area contributed by atoms with Crippen LogP contribution in [0.25, 0.3) is 0 Å². The van der Waals surface area contributed by atoms with Gasteiger partial charge in [0.1, 0.15) is 5.82 Å². The van der Waals surface area contributed by atoms with Crippen molar-refractivity contribution in [2.75, 3.05) is 6.54 Å². The summed E-state index contributed by atoms with van der Waals surface area (Å²) >= 11 is 0. The minimum absolute atomic E-state index is 0.00639. The van der Waals surface area contributed by atoms with Crippen molar-refractivity contribution < 1.29 is 4.79 Å². The van der Waals surface area contributed by atoms with Crippen LogP contribution in [-0.4, -0.2) is 27.3 Å². The second-order valence-corrected chi connectivity index (χ2v) is 7.37. The van der Waals surface area contributed by atoms with Crippen molar-refractivity contribution in [1.82, 2.24) is 14.9 Å². The summed E-state index contributed by atoms with van der Waals surface area (Å²) in [6.45, 7) is 4.73. The van der Waals surface area contributed by atoms with Crippen LogP contribution in [0.15, 0.2) is 53.3 Å². The van der Waals surface area contributed by atoms with Crippen molar-refractivity contribution in [1.29, 1.82) is 0 Å². The molecule has 5 heteroatoms. The molecule has 0 unspecified atom stereocenters. The highest BCUT2D eigenvalue weighted by atomic mass is 16.2. The summed E-state index contributed by atoms with van der Waals surface area (Å²) in [7, 11) is 0. The lowest BCUT2D eigenvalue weighted by Gasteiger charge is -2.28. The minimum Gasteiger partial charge on any atom is -0.332 e. The van der Waals surface area contributed by atoms with Crippen LogP contribution >= 0.6 is 0 Å². The van der Waals surface area contributed by atoms with Crippen molar-refractivity contribution in [2.45, 2.75) is 33.2 Å². The molecule has 1 aliphatic heterocycles. The molecule has 0 atom stereocenters. The van der Waals surface area contributed by atoms with Gasteiger partial charge in [-0.1, -0.05) is 48.0 Å². The number of H-pyrrole nitrogens is 1. The number of benzene rings is 2. The van der Waals surface area contributed by atoms with E-state index in [0.717, 1.165) is 5.56 Å². The largest absolute Gasteiger partial charge is 0.332 e. The normalized spacial score (nSPS) is 13.3. The van der Waals surface area contributed by atoms with Crippen LogP contribution in [0.4, 0.5) is 0 Å². The first kappa shape index (κ1) is 18.2. The highest BCUT2D eigenvalue weighted by molar-refractivity contribution is 5.96. The van der Waals surface area contributed by atoms with Crippen molar-refractivity contribution in [3.63, 3.8) is 0 Å². The summed E-state index contributed by atoms with van der Waals surface area (Å²) in [5.74, 6) is 0.575. The Bertz CT molecular complexity index is 1080. The summed E-state index contributed by atoms with van der Waals surface area (Å²) in [6.07, 6.45) is 1.24. The molecule has 142 valence electrons. The van der Waals surface area contributed by atoms with E-state index in [1.165, 1.54) is 11.1 Å². The molecule has 4 rings (SSSR count). The highest BCUT2D eigenvalue weighted by Gasteiger charge is 2.26. The van der Waals surface area contributed by atoms with E-state index in [4.69, 9.17) is 0 Å². The monoisotopic (exact) mass is 373 g/mol. The fraction of sp³-hybridized carbons (Fsp3) is 0.261. The Kier molecular flexibility index (Phi) is 4.82. The molecule has 1 amide bonds. The van der Waals surface area contributed by atoms with E-state index in [2.05, 4.69) is 41.2 Å². The topological polar surface area (TPSA) is 66.1 Å². The van der Waals surface area contributed by atoms with Gasteiger partial charge < -0.3 is 9.88 Å². The third-order valence-corrected chi connectivity index (χ3v) is 5.24. The number of aromatic amines is 1. The van der Waals surface area contributed by atoms with Gasteiger partial charge in [0.05, 0.1) is 12.2 Å². The predicted molar refractivity (Wildman–Crippen MR) is 108 cm³/mol. The highest BCUT2D eigenvalue weighted by Crippen LogP contribution is 2.21. The average molecular weight is 373 g/mol. The van der Waals surface area contributed by atoms with Crippen LogP contribution in [0, 0.1) is 13.8 Å². The molecule has 0 saturated heterocycles. The zero-order chi connectivity index (χ0) is 19.7. The van der Waals surface area contributed by atoms with Crippen LogP contribution in [0.5, 0.6) is 0 Å². The first-order valence-corrected chi connectivity index (χ1v) is 9.52. The van der Waals surface area contributed by atoms with Crippen molar-refractivity contribution >= 4 is 5.91 Å². The Labute approximate surface area is 164 Å². The molecular weight excluding hydrogens is 350 g/mol. The number of hydrogen-bond acceptors (Lipinski definition) is 3. The Balaban J connectivity index is 1.60. The first-order chi connectivity index (χ1) is 13.5. The van der Waals surface area contributed by atoms with Crippen LogP contribution in [0.1, 0.15) is 44.1 Å². The van der Waals surface area contributed by atoms with Gasteiger partial charge in [-0.05, 0) is 43.9 Å². The Morgan fingerprint density at radius 3 is 2.64 bits per heavy atom. The molecule has 5 nitrogen and oxygen atoms in total. The van der Waals surface area contributed by atoms with Gasteiger partial charge in [0.15, 0.2) is 0 Å². The van der Waals surface area contributed by atoms with Gasteiger partial charge in [0.2, 0.25) is 0 Å². The molecule has 0 aliphatic carbocycles. The maximum Gasteiger partial charge on any atom is 0.254 e. The Morgan fingerprint density at radius 2 is 1.86 bits per heavy atom. The number of nitrogens with zero attached hydrogens (tertiary/aromatic N) is 2. The van der Waals surface area contributed by atoms with Gasteiger partial charge in [-0.2, -0.15) is 0 Å². The van der Waals surface area contributed by atoms with Crippen LogP contribution in [0.3, 0.4) is 0 Å². The number of fused-ring (bicyclic) bond motifs is 1. The standard InChI is InChI=1S/C23H23N3O2/c1-15-7-9-17(10-8-15)13-18-5-3-4-6-19(18)23(28)26-12-11-20-21(14-26)24-16(2)25-22(20)27/h3-10H,11-14H2,1-2H3,(H,24,25,27). The molecule has 3 aromatic rings. The maximum absolute atomic E-state index is 13.3. The molecular formula is C23H23N3O2. The maximum atomic E-state index is 13.3. The predicted octanol–water partition coefficient (Wildman–Crippen LogP) is 3.18.